The number of ether oxygens (including phenoxy) is 1. The Morgan fingerprint density at radius 2 is 1.81 bits per heavy atom. The number of para-hydroxylation sites is 2. The average molecular weight is 528 g/mol. The number of aromatic nitrogens is 2. The maximum Gasteiger partial charge on any atom is 0.248 e. The first kappa shape index (κ1) is 23.2. The SMILES string of the molecule is Cc1nn(-c2ccccc2)c2c1C1(C(=O)N(Cc3ccc(Cl)cc3Cl)c3ccccc31)C(C#N)=C(N)O2. The maximum atomic E-state index is 14.6. The molecule has 4 aromatic rings. The third-order valence-corrected chi connectivity index (χ3v) is 7.43. The lowest BCUT2D eigenvalue weighted by Gasteiger charge is -2.33. The van der Waals surface area contributed by atoms with Crippen LogP contribution >= 0.6 is 23.2 Å². The second kappa shape index (κ2) is 8.41. The van der Waals surface area contributed by atoms with Gasteiger partial charge in [0.2, 0.25) is 17.7 Å². The summed E-state index contributed by atoms with van der Waals surface area (Å²) in [6.45, 7) is 1.97. The van der Waals surface area contributed by atoms with E-state index in [0.29, 0.717) is 44.0 Å². The van der Waals surface area contributed by atoms with Gasteiger partial charge in [-0.05, 0) is 42.8 Å². The molecule has 2 aliphatic rings. The number of hydrogen-bond donors (Lipinski definition) is 1. The third kappa shape index (κ3) is 3.20. The molecule has 9 heteroatoms. The van der Waals surface area contributed by atoms with Gasteiger partial charge in [0.25, 0.3) is 0 Å². The zero-order valence-electron chi connectivity index (χ0n) is 19.6. The molecule has 1 aromatic heterocycles. The molecule has 3 heterocycles. The molecule has 3 aromatic carbocycles. The minimum Gasteiger partial charge on any atom is -0.422 e. The number of halogens is 2. The van der Waals surface area contributed by atoms with Crippen molar-refractivity contribution in [3.63, 3.8) is 0 Å². The summed E-state index contributed by atoms with van der Waals surface area (Å²) in [7, 11) is 0. The summed E-state index contributed by atoms with van der Waals surface area (Å²) in [6.07, 6.45) is 0. The Kier molecular flexibility index (Phi) is 5.27. The Bertz CT molecular complexity index is 1670. The Balaban J connectivity index is 1.62. The summed E-state index contributed by atoms with van der Waals surface area (Å²) in [5.41, 5.74) is 8.63. The van der Waals surface area contributed by atoms with E-state index in [1.54, 1.807) is 34.7 Å². The second-order valence-corrected chi connectivity index (χ2v) is 9.70. The summed E-state index contributed by atoms with van der Waals surface area (Å²) in [4.78, 5) is 16.2. The number of aryl methyl sites for hydroxylation is 1. The number of carbonyl (C=O) groups excluding carboxylic acids is 1. The Morgan fingerprint density at radius 3 is 2.54 bits per heavy atom. The van der Waals surface area contributed by atoms with Gasteiger partial charge in [0, 0.05) is 21.3 Å². The van der Waals surface area contributed by atoms with E-state index in [1.807, 2.05) is 54.6 Å². The molecule has 2 aliphatic heterocycles. The lowest BCUT2D eigenvalue weighted by atomic mass is 9.69. The third-order valence-electron chi connectivity index (χ3n) is 6.84. The molecule has 1 spiro atoms. The number of carbonyl (C=O) groups is 1. The average Bonchev–Trinajstić information content (AvgIpc) is 3.34. The van der Waals surface area contributed by atoms with Crippen LogP contribution in [0.1, 0.15) is 22.4 Å². The van der Waals surface area contributed by atoms with Crippen LogP contribution in [0, 0.1) is 18.3 Å². The predicted molar refractivity (Wildman–Crippen MR) is 141 cm³/mol. The van der Waals surface area contributed by atoms with Crippen LogP contribution in [0.25, 0.3) is 5.69 Å². The molecule has 1 unspecified atom stereocenters. The van der Waals surface area contributed by atoms with Crippen LogP contribution in [-0.2, 0) is 16.8 Å². The number of rotatable bonds is 3. The number of nitrogens with two attached hydrogens (primary N) is 1. The lowest BCUT2D eigenvalue weighted by molar-refractivity contribution is -0.121. The minimum absolute atomic E-state index is 0.0258. The molecule has 37 heavy (non-hydrogen) atoms. The van der Waals surface area contributed by atoms with Crippen LogP contribution in [-0.4, -0.2) is 15.7 Å². The molecule has 0 saturated carbocycles. The van der Waals surface area contributed by atoms with E-state index in [4.69, 9.17) is 38.8 Å². The van der Waals surface area contributed by atoms with E-state index in [1.165, 1.54) is 0 Å². The number of anilines is 1. The first-order valence-electron chi connectivity index (χ1n) is 11.5. The van der Waals surface area contributed by atoms with Gasteiger partial charge in [-0.3, -0.25) is 4.79 Å². The van der Waals surface area contributed by atoms with Crippen molar-refractivity contribution < 1.29 is 9.53 Å². The van der Waals surface area contributed by atoms with Gasteiger partial charge in [-0.1, -0.05) is 65.7 Å². The fraction of sp³-hybridized carbons (Fsp3) is 0.107. The highest BCUT2D eigenvalue weighted by molar-refractivity contribution is 6.35. The zero-order chi connectivity index (χ0) is 25.9. The number of benzene rings is 3. The number of amides is 1. The van der Waals surface area contributed by atoms with Gasteiger partial charge >= 0.3 is 0 Å². The van der Waals surface area contributed by atoms with E-state index < -0.39 is 5.41 Å². The second-order valence-electron chi connectivity index (χ2n) is 8.86. The van der Waals surface area contributed by atoms with E-state index >= 15 is 0 Å². The zero-order valence-corrected chi connectivity index (χ0v) is 21.1. The molecule has 182 valence electrons. The molecule has 0 bridgehead atoms. The number of hydrogen-bond acceptors (Lipinski definition) is 5. The van der Waals surface area contributed by atoms with Crippen LogP contribution in [0.3, 0.4) is 0 Å². The van der Waals surface area contributed by atoms with Crippen LogP contribution < -0.4 is 15.4 Å². The van der Waals surface area contributed by atoms with Crippen LogP contribution in [0.5, 0.6) is 5.88 Å². The molecular weight excluding hydrogens is 509 g/mol. The van der Waals surface area contributed by atoms with Crippen LogP contribution in [0.15, 0.2) is 84.3 Å². The highest BCUT2D eigenvalue weighted by Crippen LogP contribution is 2.56. The van der Waals surface area contributed by atoms with Gasteiger partial charge < -0.3 is 15.4 Å². The number of fused-ring (bicyclic) bond motifs is 4. The van der Waals surface area contributed by atoms with Crippen molar-refractivity contribution >= 4 is 34.8 Å². The summed E-state index contributed by atoms with van der Waals surface area (Å²) < 4.78 is 7.62. The lowest BCUT2D eigenvalue weighted by Crippen LogP contribution is -2.46. The van der Waals surface area contributed by atoms with Crippen molar-refractivity contribution in [1.29, 1.82) is 5.26 Å². The largest absolute Gasteiger partial charge is 0.422 e. The molecular formula is C28H19Cl2N5O2. The molecule has 0 aliphatic carbocycles. The molecule has 7 nitrogen and oxygen atoms in total. The molecule has 0 radical (unpaired) electrons. The summed E-state index contributed by atoms with van der Waals surface area (Å²) in [6, 6.07) is 24.1. The molecule has 1 amide bonds. The first-order valence-corrected chi connectivity index (χ1v) is 12.2. The molecule has 2 N–H and O–H groups in total. The van der Waals surface area contributed by atoms with Crippen molar-refractivity contribution in [2.24, 2.45) is 5.73 Å². The molecule has 6 rings (SSSR count). The normalized spacial score (nSPS) is 18.0. The molecule has 0 fully saturated rings. The Morgan fingerprint density at radius 1 is 1.08 bits per heavy atom. The van der Waals surface area contributed by atoms with Crippen molar-refractivity contribution in [1.82, 2.24) is 9.78 Å². The van der Waals surface area contributed by atoms with Crippen molar-refractivity contribution in [2.75, 3.05) is 4.90 Å². The van der Waals surface area contributed by atoms with Crippen LogP contribution in [0.2, 0.25) is 10.0 Å². The smallest absolute Gasteiger partial charge is 0.248 e. The highest BCUT2D eigenvalue weighted by Gasteiger charge is 2.61. The van der Waals surface area contributed by atoms with Crippen LogP contribution in [0.4, 0.5) is 5.69 Å². The van der Waals surface area contributed by atoms with Gasteiger partial charge in [-0.2, -0.15) is 10.4 Å². The van der Waals surface area contributed by atoms with Gasteiger partial charge in [0.15, 0.2) is 0 Å². The van der Waals surface area contributed by atoms with Crippen molar-refractivity contribution in [2.45, 2.75) is 18.9 Å². The van der Waals surface area contributed by atoms with Gasteiger partial charge in [0.1, 0.15) is 17.1 Å². The van der Waals surface area contributed by atoms with Gasteiger partial charge in [-0.25, -0.2) is 4.68 Å². The predicted octanol–water partition coefficient (Wildman–Crippen LogP) is 5.41. The maximum absolute atomic E-state index is 14.6. The van der Waals surface area contributed by atoms with Crippen molar-refractivity contribution in [3.8, 4) is 17.6 Å². The summed E-state index contributed by atoms with van der Waals surface area (Å²) >= 11 is 12.6. The Hall–Kier alpha value is -4.25. The first-order chi connectivity index (χ1) is 17.9. The minimum atomic E-state index is -1.53. The Labute approximate surface area is 222 Å². The van der Waals surface area contributed by atoms with E-state index in [0.717, 1.165) is 5.69 Å². The topological polar surface area (TPSA) is 97.2 Å². The fourth-order valence-electron chi connectivity index (χ4n) is 5.29. The number of nitrogens with zero attached hydrogens (tertiary/aromatic N) is 4. The molecule has 0 saturated heterocycles. The monoisotopic (exact) mass is 527 g/mol. The standard InChI is InChI=1S/C28H19Cl2N5O2/c1-16-24-26(35(33-16)19-7-3-2-4-8-19)37-25(32)21(14-31)28(24)20-9-5-6-10-23(20)34(27(28)36)15-17-11-12-18(29)13-22(17)30/h2-13H,15,32H2,1H3. The van der Waals surface area contributed by atoms with E-state index in [-0.39, 0.29) is 23.9 Å². The van der Waals surface area contributed by atoms with Gasteiger partial charge in [0.05, 0.1) is 23.5 Å². The fourth-order valence-corrected chi connectivity index (χ4v) is 5.76. The van der Waals surface area contributed by atoms with Crippen molar-refractivity contribution in [3.05, 3.63) is 117 Å². The summed E-state index contributed by atoms with van der Waals surface area (Å²) in [5, 5.41) is 16.0. The van der Waals surface area contributed by atoms with Gasteiger partial charge in [-0.15, -0.1) is 0 Å². The quantitative estimate of drug-likeness (QED) is 0.384. The summed E-state index contributed by atoms with van der Waals surface area (Å²) in [5.74, 6) is -0.171. The molecule has 1 atom stereocenters. The highest BCUT2D eigenvalue weighted by atomic mass is 35.5. The van der Waals surface area contributed by atoms with E-state index in [9.17, 15) is 10.1 Å². The van der Waals surface area contributed by atoms with E-state index in [2.05, 4.69) is 6.07 Å². The number of nitriles is 1.